The summed E-state index contributed by atoms with van der Waals surface area (Å²) < 4.78 is 0. The van der Waals surface area contributed by atoms with E-state index in [-0.39, 0.29) is 37.1 Å². The van der Waals surface area contributed by atoms with Crippen LogP contribution in [0.15, 0.2) is 206 Å². The molecule has 0 bridgehead atoms. The summed E-state index contributed by atoms with van der Waals surface area (Å²) in [5, 5.41) is 18.5. The molecular weight excluding hydrogens is 1110 g/mol. The predicted octanol–water partition coefficient (Wildman–Crippen LogP) is 17.8. The van der Waals surface area contributed by atoms with Crippen molar-refractivity contribution < 1.29 is 30.0 Å². The maximum atomic E-state index is 11.5. The Hall–Kier alpha value is -8.22. The van der Waals surface area contributed by atoms with Crippen molar-refractivity contribution in [3.05, 3.63) is 230 Å². The molecule has 0 amide bonds. The molecule has 12 rings (SSSR count). The number of carbonyl (C=O) groups excluding carboxylic acids is 1. The molecule has 0 aliphatic carbocycles. The second-order valence-electron chi connectivity index (χ2n) is 21.1. The van der Waals surface area contributed by atoms with Gasteiger partial charge in [0.1, 0.15) is 5.76 Å². The molecule has 0 saturated carbocycles. The van der Waals surface area contributed by atoms with Crippen molar-refractivity contribution in [3.8, 4) is 44.5 Å². The molecule has 1 radical (unpaired) electrons. The van der Waals surface area contributed by atoms with Crippen LogP contribution in [0.1, 0.15) is 52.9 Å². The molecule has 0 aliphatic rings. The molecule has 2 heterocycles. The molecule has 0 aliphatic heterocycles. The number of allylic oxidation sites excluding steroid dienone is 2. The Morgan fingerprint density at radius 3 is 1.11 bits per heavy atom. The molecule has 2 aromatic heterocycles. The average molecular weight is 1170 g/mol. The summed E-state index contributed by atoms with van der Waals surface area (Å²) in [6.45, 7) is 15.1. The van der Waals surface area contributed by atoms with Crippen LogP contribution in [0.3, 0.4) is 0 Å². The third-order valence-electron chi connectivity index (χ3n) is 13.5. The number of aliphatic hydroxyl groups excluding tert-OH is 1. The molecule has 0 atom stereocenters. The maximum absolute atomic E-state index is 11.5. The minimum absolute atomic E-state index is 0. The fourth-order valence-electron chi connectivity index (χ4n) is 9.23. The minimum Gasteiger partial charge on any atom is -0.512 e. The summed E-state index contributed by atoms with van der Waals surface area (Å²) in [6, 6.07) is 70.9. The number of aliphatic hydroxyl groups is 1. The standard InChI is InChI=1S/2C29H19N2.C11H20O2.Ir/c2*1-19-18-30-28-24-14-12-22(20-8-4-2-5-9-20)16-26(24)27-17-23(21-10-6-3-7-11-21)13-15-25(27)29(28)31-19;1-10(2,3)8(12)7-9(13)11(4,5)6;/h2*2-13,15-18H,1H3;7,12H,1-6H3;/q2*-1;;/b;;8-7-;. The second kappa shape index (κ2) is 21.9. The monoisotopic (exact) mass is 1170 g/mol. The molecule has 12 aromatic rings. The van der Waals surface area contributed by atoms with E-state index in [0.717, 1.165) is 76.9 Å². The van der Waals surface area contributed by atoms with Crippen molar-refractivity contribution >= 4 is 70.9 Å². The van der Waals surface area contributed by atoms with E-state index in [4.69, 9.17) is 19.9 Å². The van der Waals surface area contributed by atoms with Crippen molar-refractivity contribution in [3.63, 3.8) is 0 Å². The van der Waals surface area contributed by atoms with E-state index < -0.39 is 5.41 Å². The van der Waals surface area contributed by atoms with E-state index in [0.29, 0.717) is 0 Å². The Balaban J connectivity index is 0.000000150. The zero-order valence-corrected chi connectivity index (χ0v) is 46.4. The van der Waals surface area contributed by atoms with E-state index in [1.807, 2.05) is 92.0 Å². The van der Waals surface area contributed by atoms with Crippen molar-refractivity contribution in [1.29, 1.82) is 0 Å². The normalized spacial score (nSPS) is 11.8. The third kappa shape index (κ3) is 11.1. The van der Waals surface area contributed by atoms with E-state index >= 15 is 0 Å². The van der Waals surface area contributed by atoms with Gasteiger partial charge in [0.15, 0.2) is 5.78 Å². The number of rotatable bonds is 5. The van der Waals surface area contributed by atoms with Crippen molar-refractivity contribution in [1.82, 2.24) is 19.9 Å². The van der Waals surface area contributed by atoms with Crippen LogP contribution in [0, 0.1) is 36.8 Å². The number of hydrogen-bond acceptors (Lipinski definition) is 6. The number of fused-ring (bicyclic) bond motifs is 12. The van der Waals surface area contributed by atoms with Crippen molar-refractivity contribution in [2.75, 3.05) is 0 Å². The number of aryl methyl sites for hydroxylation is 2. The second-order valence-corrected chi connectivity index (χ2v) is 21.1. The summed E-state index contributed by atoms with van der Waals surface area (Å²) in [4.78, 5) is 30.7. The van der Waals surface area contributed by atoms with Crippen LogP contribution in [-0.2, 0) is 24.9 Å². The average Bonchev–Trinajstić information content (AvgIpc) is 3.53. The van der Waals surface area contributed by atoms with Gasteiger partial charge in [-0.1, -0.05) is 243 Å². The Morgan fingerprint density at radius 2 is 0.763 bits per heavy atom. The SMILES string of the molecule is CC(C)(C)C(=O)/C=C(\O)C(C)(C)C.Cc1cnc2c3[c-]cc(-c4ccccc4)cc3c3cc(-c4ccccc4)ccc3c2n1.Cc1cnc2c3[c-]cc(-c4ccccc4)cc3c3cc(-c4ccccc4)ccc3c2n1.[Ir]. The fraction of sp³-hybridized carbons (Fsp3) is 0.145. The van der Waals surface area contributed by atoms with Gasteiger partial charge in [-0.15, -0.1) is 47.2 Å². The molecule has 6 nitrogen and oxygen atoms in total. The van der Waals surface area contributed by atoms with Gasteiger partial charge in [-0.3, -0.25) is 14.8 Å². The van der Waals surface area contributed by atoms with Gasteiger partial charge >= 0.3 is 0 Å². The van der Waals surface area contributed by atoms with E-state index in [2.05, 4.69) is 170 Å². The van der Waals surface area contributed by atoms with Crippen LogP contribution >= 0.6 is 0 Å². The van der Waals surface area contributed by atoms with Crippen LogP contribution in [0.5, 0.6) is 0 Å². The summed E-state index contributed by atoms with van der Waals surface area (Å²) in [5.41, 5.74) is 14.2. The Kier molecular flexibility index (Phi) is 15.2. The first-order valence-electron chi connectivity index (χ1n) is 25.4. The molecular formula is C69H58IrN4O2-2. The Bertz CT molecular complexity index is 3870. The molecule has 1 N–H and O–H groups in total. The topological polar surface area (TPSA) is 88.9 Å². The number of aromatic nitrogens is 4. The smallest absolute Gasteiger partial charge is 0.164 e. The van der Waals surface area contributed by atoms with Crippen LogP contribution in [0.4, 0.5) is 0 Å². The molecule has 0 saturated heterocycles. The van der Waals surface area contributed by atoms with Crippen LogP contribution in [0.2, 0.25) is 0 Å². The molecule has 0 spiro atoms. The van der Waals surface area contributed by atoms with Gasteiger partial charge in [0.25, 0.3) is 0 Å². The van der Waals surface area contributed by atoms with Crippen LogP contribution in [-0.4, -0.2) is 30.8 Å². The molecule has 0 unspecified atom stereocenters. The molecule has 0 fully saturated rings. The van der Waals surface area contributed by atoms with Crippen LogP contribution in [0.25, 0.3) is 110 Å². The van der Waals surface area contributed by atoms with Gasteiger partial charge < -0.3 is 15.1 Å². The molecule has 7 heteroatoms. The first kappa shape index (κ1) is 52.6. The van der Waals surface area contributed by atoms with Gasteiger partial charge in [0.05, 0.1) is 22.4 Å². The van der Waals surface area contributed by atoms with Gasteiger partial charge in [-0.25, -0.2) is 0 Å². The molecule has 377 valence electrons. The third-order valence-corrected chi connectivity index (χ3v) is 13.5. The van der Waals surface area contributed by atoms with Gasteiger partial charge in [-0.2, -0.15) is 0 Å². The number of hydrogen-bond donors (Lipinski definition) is 1. The van der Waals surface area contributed by atoms with Gasteiger partial charge in [-0.05, 0) is 46.9 Å². The first-order chi connectivity index (χ1) is 36.1. The first-order valence-corrected chi connectivity index (χ1v) is 25.4. The number of carbonyl (C=O) groups is 1. The molecule has 76 heavy (non-hydrogen) atoms. The maximum Gasteiger partial charge on any atom is 0.164 e. The van der Waals surface area contributed by atoms with E-state index in [1.165, 1.54) is 50.2 Å². The van der Waals surface area contributed by atoms with E-state index in [9.17, 15) is 9.90 Å². The zero-order valence-electron chi connectivity index (χ0n) is 44.0. The summed E-state index contributed by atoms with van der Waals surface area (Å²) in [6.07, 6.45) is 5.01. The molecule has 10 aromatic carbocycles. The van der Waals surface area contributed by atoms with Crippen molar-refractivity contribution in [2.45, 2.75) is 55.4 Å². The minimum atomic E-state index is -0.417. The summed E-state index contributed by atoms with van der Waals surface area (Å²) in [5.74, 6) is 0.104. The fourth-order valence-corrected chi connectivity index (χ4v) is 9.23. The number of ketones is 1. The summed E-state index contributed by atoms with van der Waals surface area (Å²) >= 11 is 0. The Morgan fingerprint density at radius 1 is 0.421 bits per heavy atom. The summed E-state index contributed by atoms with van der Waals surface area (Å²) in [7, 11) is 0. The Labute approximate surface area is 458 Å². The predicted molar refractivity (Wildman–Crippen MR) is 313 cm³/mol. The quantitative estimate of drug-likeness (QED) is 0.0799. The van der Waals surface area contributed by atoms with Gasteiger partial charge in [0.2, 0.25) is 0 Å². The van der Waals surface area contributed by atoms with E-state index in [1.54, 1.807) is 0 Å². The van der Waals surface area contributed by atoms with Crippen LogP contribution < -0.4 is 0 Å². The zero-order chi connectivity index (χ0) is 52.4. The largest absolute Gasteiger partial charge is 0.512 e. The van der Waals surface area contributed by atoms with Crippen molar-refractivity contribution in [2.24, 2.45) is 10.8 Å². The van der Waals surface area contributed by atoms with Gasteiger partial charge in [0, 0.05) is 60.4 Å². The number of nitrogens with zero attached hydrogens (tertiary/aromatic N) is 4. The number of benzene rings is 10.